The molecule has 0 saturated carbocycles. The third-order valence-corrected chi connectivity index (χ3v) is 5.82. The molecular weight excluding hydrogens is 409 g/mol. The highest BCUT2D eigenvalue weighted by atomic mass is 19.1. The van der Waals surface area contributed by atoms with E-state index in [1.807, 2.05) is 38.1 Å². The van der Waals surface area contributed by atoms with Crippen molar-refractivity contribution in [3.8, 4) is 0 Å². The molecule has 2 aromatic carbocycles. The van der Waals surface area contributed by atoms with Gasteiger partial charge in [-0.25, -0.2) is 9.37 Å². The summed E-state index contributed by atoms with van der Waals surface area (Å²) in [5.74, 6) is -0.650. The molecule has 7 nitrogen and oxygen atoms in total. The lowest BCUT2D eigenvalue weighted by Gasteiger charge is -2.29. The largest absolute Gasteiger partial charge is 0.341 e. The minimum Gasteiger partial charge on any atom is -0.341 e. The van der Waals surface area contributed by atoms with E-state index in [2.05, 4.69) is 20.2 Å². The highest BCUT2D eigenvalue weighted by molar-refractivity contribution is 5.97. The topological polar surface area (TPSA) is 81.3 Å². The van der Waals surface area contributed by atoms with Crippen molar-refractivity contribution in [2.24, 2.45) is 5.92 Å². The summed E-state index contributed by atoms with van der Waals surface area (Å²) in [6.07, 6.45) is 0.787. The average molecular weight is 438 g/mol. The number of imidazole rings is 1. The van der Waals surface area contributed by atoms with Crippen molar-refractivity contribution in [3.05, 3.63) is 59.9 Å². The van der Waals surface area contributed by atoms with E-state index in [1.165, 1.54) is 18.2 Å². The number of amides is 2. The molecule has 32 heavy (non-hydrogen) atoms. The molecule has 1 fully saturated rings. The van der Waals surface area contributed by atoms with Crippen LogP contribution in [0, 0.1) is 11.7 Å². The second kappa shape index (κ2) is 9.38. The van der Waals surface area contributed by atoms with Crippen LogP contribution in [0.15, 0.2) is 48.5 Å². The zero-order chi connectivity index (χ0) is 22.7. The van der Waals surface area contributed by atoms with Crippen LogP contribution in [0.25, 0.3) is 11.0 Å². The van der Waals surface area contributed by atoms with Gasteiger partial charge in [0.25, 0.3) is 5.91 Å². The minimum atomic E-state index is -0.722. The monoisotopic (exact) mass is 437 g/mol. The number of rotatable bonds is 5. The lowest BCUT2D eigenvalue weighted by molar-refractivity contribution is -0.134. The summed E-state index contributed by atoms with van der Waals surface area (Å²) in [4.78, 5) is 37.9. The van der Waals surface area contributed by atoms with E-state index < -0.39 is 17.8 Å². The summed E-state index contributed by atoms with van der Waals surface area (Å²) in [5.41, 5.74) is 1.84. The molecule has 0 bridgehead atoms. The molecule has 3 aromatic rings. The Balaban J connectivity index is 1.44. The van der Waals surface area contributed by atoms with Gasteiger partial charge in [0, 0.05) is 26.2 Å². The van der Waals surface area contributed by atoms with Gasteiger partial charge in [-0.2, -0.15) is 0 Å². The first-order valence-corrected chi connectivity index (χ1v) is 11.0. The predicted molar refractivity (Wildman–Crippen MR) is 122 cm³/mol. The molecule has 1 aromatic heterocycles. The number of para-hydroxylation sites is 2. The van der Waals surface area contributed by atoms with Crippen molar-refractivity contribution in [1.29, 1.82) is 0 Å². The van der Waals surface area contributed by atoms with Crippen LogP contribution in [0.5, 0.6) is 0 Å². The Bertz CT molecular complexity index is 1080. The second-order valence-electron chi connectivity index (χ2n) is 8.42. The molecule has 1 atom stereocenters. The SMILES string of the molecule is CC(C)C(NC(=O)c1ccccc1F)C(=O)N1CCCN(c2nc3ccccc3[nH]2)CC1. The van der Waals surface area contributed by atoms with E-state index in [4.69, 9.17) is 0 Å². The molecule has 2 N–H and O–H groups in total. The van der Waals surface area contributed by atoms with E-state index in [-0.39, 0.29) is 17.4 Å². The number of carbonyl (C=O) groups excluding carboxylic acids is 2. The van der Waals surface area contributed by atoms with Gasteiger partial charge < -0.3 is 20.1 Å². The number of hydrogen-bond acceptors (Lipinski definition) is 4. The second-order valence-corrected chi connectivity index (χ2v) is 8.42. The van der Waals surface area contributed by atoms with Crippen LogP contribution in [0.2, 0.25) is 0 Å². The summed E-state index contributed by atoms with van der Waals surface area (Å²) in [7, 11) is 0. The molecule has 2 heterocycles. The van der Waals surface area contributed by atoms with Crippen molar-refractivity contribution in [1.82, 2.24) is 20.2 Å². The highest BCUT2D eigenvalue weighted by Crippen LogP contribution is 2.19. The van der Waals surface area contributed by atoms with Gasteiger partial charge in [-0.05, 0) is 36.6 Å². The third kappa shape index (κ3) is 4.59. The fourth-order valence-electron chi connectivity index (χ4n) is 4.01. The van der Waals surface area contributed by atoms with Crippen molar-refractivity contribution in [3.63, 3.8) is 0 Å². The molecule has 0 radical (unpaired) electrons. The van der Waals surface area contributed by atoms with Crippen LogP contribution in [0.1, 0.15) is 30.6 Å². The van der Waals surface area contributed by atoms with Gasteiger partial charge in [-0.1, -0.05) is 38.1 Å². The summed E-state index contributed by atoms with van der Waals surface area (Å²) < 4.78 is 14.0. The first-order chi connectivity index (χ1) is 15.4. The number of H-pyrrole nitrogens is 1. The Kier molecular flexibility index (Phi) is 6.39. The Morgan fingerprint density at radius 1 is 1.03 bits per heavy atom. The Labute approximate surface area is 186 Å². The van der Waals surface area contributed by atoms with Crippen LogP contribution >= 0.6 is 0 Å². The van der Waals surface area contributed by atoms with Crippen molar-refractivity contribution in [2.45, 2.75) is 26.3 Å². The van der Waals surface area contributed by atoms with Crippen LogP contribution < -0.4 is 10.2 Å². The molecule has 1 unspecified atom stereocenters. The normalized spacial score (nSPS) is 15.6. The van der Waals surface area contributed by atoms with Gasteiger partial charge >= 0.3 is 0 Å². The van der Waals surface area contributed by atoms with Crippen LogP contribution in [0.3, 0.4) is 0 Å². The molecule has 168 valence electrons. The van der Waals surface area contributed by atoms with E-state index in [1.54, 1.807) is 11.0 Å². The fraction of sp³-hybridized carbons (Fsp3) is 0.375. The van der Waals surface area contributed by atoms with E-state index >= 15 is 0 Å². The smallest absolute Gasteiger partial charge is 0.254 e. The third-order valence-electron chi connectivity index (χ3n) is 5.82. The molecule has 8 heteroatoms. The van der Waals surface area contributed by atoms with Crippen molar-refractivity contribution >= 4 is 28.8 Å². The number of carbonyl (C=O) groups is 2. The average Bonchev–Trinajstić information content (AvgIpc) is 3.06. The summed E-state index contributed by atoms with van der Waals surface area (Å²) in [5, 5.41) is 2.75. The quantitative estimate of drug-likeness (QED) is 0.642. The van der Waals surface area contributed by atoms with E-state index in [0.29, 0.717) is 19.6 Å². The van der Waals surface area contributed by atoms with E-state index in [9.17, 15) is 14.0 Å². The number of anilines is 1. The lowest BCUT2D eigenvalue weighted by atomic mass is 10.0. The maximum absolute atomic E-state index is 14.0. The number of aromatic nitrogens is 2. The Hall–Kier alpha value is -3.42. The lowest BCUT2D eigenvalue weighted by Crippen LogP contribution is -2.52. The minimum absolute atomic E-state index is 0.0575. The van der Waals surface area contributed by atoms with Gasteiger partial charge in [0.1, 0.15) is 11.9 Å². The van der Waals surface area contributed by atoms with Gasteiger partial charge in [0.05, 0.1) is 16.6 Å². The highest BCUT2D eigenvalue weighted by Gasteiger charge is 2.31. The molecule has 1 aliphatic heterocycles. The predicted octanol–water partition coefficient (Wildman–Crippen LogP) is 3.20. The Morgan fingerprint density at radius 2 is 1.78 bits per heavy atom. The first kappa shape index (κ1) is 21.8. The number of halogens is 1. The number of benzene rings is 2. The zero-order valence-corrected chi connectivity index (χ0v) is 18.3. The van der Waals surface area contributed by atoms with Crippen LogP contribution in [-0.4, -0.2) is 58.9 Å². The molecule has 0 aliphatic carbocycles. The van der Waals surface area contributed by atoms with Crippen molar-refractivity contribution < 1.29 is 14.0 Å². The number of fused-ring (bicyclic) bond motifs is 1. The van der Waals surface area contributed by atoms with Crippen molar-refractivity contribution in [2.75, 3.05) is 31.1 Å². The molecular formula is C24H28FN5O2. The van der Waals surface area contributed by atoms with Gasteiger partial charge in [-0.3, -0.25) is 9.59 Å². The van der Waals surface area contributed by atoms with Crippen LogP contribution in [-0.2, 0) is 4.79 Å². The summed E-state index contributed by atoms with van der Waals surface area (Å²) >= 11 is 0. The number of nitrogens with zero attached hydrogens (tertiary/aromatic N) is 3. The first-order valence-electron chi connectivity index (χ1n) is 11.0. The molecule has 2 amide bonds. The molecule has 1 saturated heterocycles. The van der Waals surface area contributed by atoms with E-state index in [0.717, 1.165) is 29.9 Å². The van der Waals surface area contributed by atoms with Gasteiger partial charge in [-0.15, -0.1) is 0 Å². The molecule has 0 spiro atoms. The van der Waals surface area contributed by atoms with Gasteiger partial charge in [0.15, 0.2) is 0 Å². The number of aromatic amines is 1. The fourth-order valence-corrected chi connectivity index (χ4v) is 4.01. The maximum atomic E-state index is 14.0. The zero-order valence-electron chi connectivity index (χ0n) is 18.3. The number of nitrogens with one attached hydrogen (secondary N) is 2. The Morgan fingerprint density at radius 3 is 2.53 bits per heavy atom. The molecule has 1 aliphatic rings. The number of hydrogen-bond donors (Lipinski definition) is 2. The standard InChI is InChI=1S/C24H28FN5O2/c1-16(2)21(28-22(31)17-8-3-4-9-18(17)25)23(32)29-12-7-13-30(15-14-29)24-26-19-10-5-6-11-20(19)27-24/h3-6,8-11,16,21H,7,12-15H2,1-2H3,(H,26,27)(H,28,31). The maximum Gasteiger partial charge on any atom is 0.254 e. The van der Waals surface area contributed by atoms with Crippen LogP contribution in [0.4, 0.5) is 10.3 Å². The molecule has 4 rings (SSSR count). The summed E-state index contributed by atoms with van der Waals surface area (Å²) in [6, 6.07) is 13.0. The summed E-state index contributed by atoms with van der Waals surface area (Å²) in [6.45, 7) is 6.28. The van der Waals surface area contributed by atoms with Gasteiger partial charge in [0.2, 0.25) is 11.9 Å².